The molecule has 2 aliphatic rings. The van der Waals surface area contributed by atoms with E-state index in [1.165, 1.54) is 6.33 Å². The Morgan fingerprint density at radius 3 is 2.75 bits per heavy atom. The van der Waals surface area contributed by atoms with Crippen molar-refractivity contribution >= 4 is 22.9 Å². The molecule has 4 rings (SSSR count). The Morgan fingerprint density at radius 2 is 2.11 bits per heavy atom. The smallest absolute Gasteiger partial charge is 0.207 e. The van der Waals surface area contributed by atoms with Crippen LogP contribution in [-0.2, 0) is 9.47 Å². The van der Waals surface area contributed by atoms with Gasteiger partial charge in [-0.1, -0.05) is 0 Å². The number of aliphatic hydroxyl groups is 3. The lowest BCUT2D eigenvalue weighted by Crippen LogP contribution is -2.33. The summed E-state index contributed by atoms with van der Waals surface area (Å²) in [5, 5.41) is 36.7. The van der Waals surface area contributed by atoms with Gasteiger partial charge in [-0.2, -0.15) is 0 Å². The van der Waals surface area contributed by atoms with Crippen LogP contribution in [-0.4, -0.2) is 85.1 Å². The molecule has 154 valence electrons. The second-order valence-corrected chi connectivity index (χ2v) is 7.43. The van der Waals surface area contributed by atoms with Gasteiger partial charge in [-0.25, -0.2) is 15.0 Å². The van der Waals surface area contributed by atoms with Gasteiger partial charge in [0.2, 0.25) is 5.95 Å². The van der Waals surface area contributed by atoms with E-state index in [4.69, 9.17) is 9.47 Å². The molecule has 2 aromatic heterocycles. The molecule has 0 amide bonds. The van der Waals surface area contributed by atoms with E-state index in [1.807, 2.05) is 13.8 Å². The number of aromatic nitrogens is 4. The van der Waals surface area contributed by atoms with E-state index >= 15 is 0 Å². The summed E-state index contributed by atoms with van der Waals surface area (Å²) >= 11 is 0. The quantitative estimate of drug-likeness (QED) is 0.433. The molecule has 2 aromatic rings. The Labute approximate surface area is 161 Å². The van der Waals surface area contributed by atoms with Crippen molar-refractivity contribution in [3.05, 3.63) is 6.33 Å². The molecule has 0 spiro atoms. The van der Waals surface area contributed by atoms with Crippen molar-refractivity contribution < 1.29 is 24.8 Å². The molecule has 11 nitrogen and oxygen atoms in total. The highest BCUT2D eigenvalue weighted by molar-refractivity contribution is 5.85. The molecule has 28 heavy (non-hydrogen) atoms. The summed E-state index contributed by atoms with van der Waals surface area (Å²) in [7, 11) is 0. The topological polar surface area (TPSA) is 147 Å². The van der Waals surface area contributed by atoms with Crippen LogP contribution in [0.25, 0.3) is 11.2 Å². The van der Waals surface area contributed by atoms with Crippen molar-refractivity contribution in [2.24, 2.45) is 0 Å². The lowest BCUT2D eigenvalue weighted by molar-refractivity contribution is -0.0501. The van der Waals surface area contributed by atoms with Gasteiger partial charge in [0, 0.05) is 12.6 Å². The molecule has 0 saturated carbocycles. The van der Waals surface area contributed by atoms with Gasteiger partial charge in [-0.05, 0) is 20.3 Å². The van der Waals surface area contributed by atoms with Gasteiger partial charge in [0.25, 0.3) is 0 Å². The summed E-state index contributed by atoms with van der Waals surface area (Å²) in [6.07, 6.45) is -2.00. The minimum Gasteiger partial charge on any atom is -0.394 e. The monoisotopic (exact) mass is 394 g/mol. The SMILES string of the molecule is CC(C)Nc1nc2c(N[C@@H]3CCOC3)ncnc2n1[C@@H]1O[C@H](CO)[C@@H](O)[C@H]1O. The number of aliphatic hydroxyl groups excluding tert-OH is 3. The molecule has 0 aliphatic carbocycles. The number of hydrogen-bond donors (Lipinski definition) is 5. The largest absolute Gasteiger partial charge is 0.394 e. The van der Waals surface area contributed by atoms with Crippen LogP contribution in [0.3, 0.4) is 0 Å². The Hall–Kier alpha value is -2.05. The zero-order valence-electron chi connectivity index (χ0n) is 15.8. The third kappa shape index (κ3) is 3.40. The molecule has 0 aromatic carbocycles. The van der Waals surface area contributed by atoms with Crippen LogP contribution in [0.2, 0.25) is 0 Å². The van der Waals surface area contributed by atoms with Crippen molar-refractivity contribution in [2.45, 2.75) is 56.9 Å². The normalized spacial score (nSPS) is 30.4. The first-order valence-corrected chi connectivity index (χ1v) is 9.45. The number of fused-ring (bicyclic) bond motifs is 1. The molecule has 2 fully saturated rings. The van der Waals surface area contributed by atoms with Crippen molar-refractivity contribution in [1.29, 1.82) is 0 Å². The minimum atomic E-state index is -1.24. The summed E-state index contributed by atoms with van der Waals surface area (Å²) < 4.78 is 12.7. The summed E-state index contributed by atoms with van der Waals surface area (Å²) in [6.45, 7) is 4.81. The number of imidazole rings is 1. The van der Waals surface area contributed by atoms with Crippen LogP contribution in [0, 0.1) is 0 Å². The number of hydrogen-bond acceptors (Lipinski definition) is 10. The van der Waals surface area contributed by atoms with Crippen LogP contribution in [0.15, 0.2) is 6.33 Å². The maximum Gasteiger partial charge on any atom is 0.207 e. The number of nitrogens with one attached hydrogen (secondary N) is 2. The lowest BCUT2D eigenvalue weighted by atomic mass is 10.1. The first kappa shape index (κ1) is 19.3. The molecular formula is C17H26N6O5. The molecule has 4 heterocycles. The molecule has 5 N–H and O–H groups in total. The number of ether oxygens (including phenoxy) is 2. The molecule has 2 aliphatic heterocycles. The summed E-state index contributed by atoms with van der Waals surface area (Å²) in [6, 6.07) is 0.193. The fourth-order valence-electron chi connectivity index (χ4n) is 3.55. The average Bonchev–Trinajstić information content (AvgIpc) is 3.35. The van der Waals surface area contributed by atoms with Crippen LogP contribution in [0.4, 0.5) is 11.8 Å². The first-order chi connectivity index (χ1) is 13.5. The fourth-order valence-corrected chi connectivity index (χ4v) is 3.55. The Bertz CT molecular complexity index is 824. The van der Waals surface area contributed by atoms with Gasteiger partial charge < -0.3 is 35.4 Å². The van der Waals surface area contributed by atoms with Crippen molar-refractivity contribution in [1.82, 2.24) is 19.5 Å². The van der Waals surface area contributed by atoms with Crippen LogP contribution < -0.4 is 10.6 Å². The number of nitrogens with zero attached hydrogens (tertiary/aromatic N) is 4. The van der Waals surface area contributed by atoms with E-state index in [9.17, 15) is 15.3 Å². The van der Waals surface area contributed by atoms with Gasteiger partial charge in [-0.15, -0.1) is 0 Å². The van der Waals surface area contributed by atoms with E-state index in [1.54, 1.807) is 4.57 Å². The van der Waals surface area contributed by atoms with E-state index < -0.39 is 31.1 Å². The zero-order valence-corrected chi connectivity index (χ0v) is 15.8. The highest BCUT2D eigenvalue weighted by Crippen LogP contribution is 2.35. The maximum absolute atomic E-state index is 10.5. The lowest BCUT2D eigenvalue weighted by Gasteiger charge is -2.20. The summed E-state index contributed by atoms with van der Waals surface area (Å²) in [5.74, 6) is 1.00. The maximum atomic E-state index is 10.5. The second-order valence-electron chi connectivity index (χ2n) is 7.43. The second kappa shape index (κ2) is 7.76. The van der Waals surface area contributed by atoms with Crippen molar-refractivity contribution in [2.75, 3.05) is 30.5 Å². The summed E-state index contributed by atoms with van der Waals surface area (Å²) in [4.78, 5) is 13.3. The Morgan fingerprint density at radius 1 is 1.29 bits per heavy atom. The number of rotatable bonds is 6. The molecule has 2 saturated heterocycles. The molecule has 0 unspecified atom stereocenters. The molecular weight excluding hydrogens is 368 g/mol. The highest BCUT2D eigenvalue weighted by Gasteiger charge is 2.45. The molecule has 0 bridgehead atoms. The van der Waals surface area contributed by atoms with E-state index in [2.05, 4.69) is 25.6 Å². The van der Waals surface area contributed by atoms with Gasteiger partial charge in [0.05, 0.1) is 19.3 Å². The molecule has 5 atom stereocenters. The predicted octanol–water partition coefficient (Wildman–Crippen LogP) is -0.541. The third-order valence-corrected chi connectivity index (χ3v) is 4.94. The first-order valence-electron chi connectivity index (χ1n) is 9.45. The fraction of sp³-hybridized carbons (Fsp3) is 0.706. The average molecular weight is 394 g/mol. The minimum absolute atomic E-state index is 0.0558. The van der Waals surface area contributed by atoms with Gasteiger partial charge in [0.1, 0.15) is 24.6 Å². The van der Waals surface area contributed by atoms with E-state index in [0.29, 0.717) is 36.1 Å². The zero-order chi connectivity index (χ0) is 19.8. The van der Waals surface area contributed by atoms with Crippen LogP contribution in [0.1, 0.15) is 26.5 Å². The van der Waals surface area contributed by atoms with Gasteiger partial charge in [0.15, 0.2) is 23.2 Å². The Balaban J connectivity index is 1.77. The molecule has 0 radical (unpaired) electrons. The van der Waals surface area contributed by atoms with Crippen LogP contribution >= 0.6 is 0 Å². The van der Waals surface area contributed by atoms with Crippen molar-refractivity contribution in [3.8, 4) is 0 Å². The standard InChI is InChI=1S/C17H26N6O5/c1-8(2)20-17-22-11-14(21-9-3-4-27-6-9)18-7-19-15(11)23(17)16-13(26)12(25)10(5-24)28-16/h7-10,12-13,16,24-26H,3-6H2,1-2H3,(H,20,22)(H,18,19,21)/t9-,10-,12-,13-,16-/m1/s1. The Kier molecular flexibility index (Phi) is 5.34. The van der Waals surface area contributed by atoms with Crippen LogP contribution in [0.5, 0.6) is 0 Å². The number of anilines is 2. The van der Waals surface area contributed by atoms with Gasteiger partial charge >= 0.3 is 0 Å². The third-order valence-electron chi connectivity index (χ3n) is 4.94. The molecule has 11 heteroatoms. The predicted molar refractivity (Wildman–Crippen MR) is 99.9 cm³/mol. The highest BCUT2D eigenvalue weighted by atomic mass is 16.6. The summed E-state index contributed by atoms with van der Waals surface area (Å²) in [5.41, 5.74) is 0.977. The van der Waals surface area contributed by atoms with Crippen molar-refractivity contribution in [3.63, 3.8) is 0 Å². The van der Waals surface area contributed by atoms with E-state index in [-0.39, 0.29) is 12.1 Å². The van der Waals surface area contributed by atoms with E-state index in [0.717, 1.165) is 6.42 Å². The van der Waals surface area contributed by atoms with Gasteiger partial charge in [-0.3, -0.25) is 4.57 Å².